The molecule has 8 nitrogen and oxygen atoms in total. The topological polar surface area (TPSA) is 111 Å². The zero-order chi connectivity index (χ0) is 20.4. The number of nitrogens with zero attached hydrogens (tertiary/aromatic N) is 2. The minimum atomic E-state index is -0.195. The highest BCUT2D eigenvalue weighted by Gasteiger charge is 2.16. The Hall–Kier alpha value is -3.81. The molecular weight excluding hydrogens is 374 g/mol. The van der Waals surface area contributed by atoms with Crippen molar-refractivity contribution in [1.29, 1.82) is 0 Å². The lowest BCUT2D eigenvalue weighted by Gasteiger charge is -2.04. The molecule has 148 valence electrons. The summed E-state index contributed by atoms with van der Waals surface area (Å²) in [6.07, 6.45) is 0.107. The standard InChI is InChI=1S/C21H19N3O5/c1-12-16(23-21(28-12)13-7-8-17(25)19(9-13)27-2)11-22-20(26)10-15-14-5-3-4-6-18(14)29-24-15/h3-9,25H,10-11H2,1-2H3,(H,22,26). The number of ether oxygens (including phenoxy) is 1. The number of benzene rings is 2. The van der Waals surface area contributed by atoms with Crippen molar-refractivity contribution < 1.29 is 23.6 Å². The molecule has 0 aliphatic carbocycles. The second-order valence-electron chi connectivity index (χ2n) is 6.49. The predicted molar refractivity (Wildman–Crippen MR) is 104 cm³/mol. The van der Waals surface area contributed by atoms with Crippen LogP contribution >= 0.6 is 0 Å². The average molecular weight is 393 g/mol. The van der Waals surface area contributed by atoms with E-state index in [1.807, 2.05) is 24.3 Å². The molecule has 2 N–H and O–H groups in total. The largest absolute Gasteiger partial charge is 0.504 e. The summed E-state index contributed by atoms with van der Waals surface area (Å²) in [5.74, 6) is 1.14. The lowest BCUT2D eigenvalue weighted by molar-refractivity contribution is -0.120. The molecule has 4 aromatic rings. The molecule has 0 unspecified atom stereocenters. The monoisotopic (exact) mass is 393 g/mol. The fourth-order valence-corrected chi connectivity index (χ4v) is 2.99. The van der Waals surface area contributed by atoms with Crippen LogP contribution in [0.4, 0.5) is 0 Å². The van der Waals surface area contributed by atoms with Gasteiger partial charge >= 0.3 is 0 Å². The Morgan fingerprint density at radius 2 is 2.03 bits per heavy atom. The number of phenolic OH excluding ortho intramolecular Hbond substituents is 1. The maximum Gasteiger partial charge on any atom is 0.226 e. The zero-order valence-corrected chi connectivity index (χ0v) is 15.9. The third-order valence-electron chi connectivity index (χ3n) is 4.55. The molecule has 0 atom stereocenters. The number of methoxy groups -OCH3 is 1. The lowest BCUT2D eigenvalue weighted by Crippen LogP contribution is -2.25. The summed E-state index contributed by atoms with van der Waals surface area (Å²) in [6.45, 7) is 2.00. The van der Waals surface area contributed by atoms with Crippen molar-refractivity contribution in [3.63, 3.8) is 0 Å². The zero-order valence-electron chi connectivity index (χ0n) is 15.9. The Morgan fingerprint density at radius 3 is 2.86 bits per heavy atom. The normalized spacial score (nSPS) is 11.0. The molecule has 0 spiro atoms. The van der Waals surface area contributed by atoms with Crippen molar-refractivity contribution in [3.05, 3.63) is 59.6 Å². The quantitative estimate of drug-likeness (QED) is 0.517. The number of oxazole rings is 1. The number of amides is 1. The van der Waals surface area contributed by atoms with E-state index in [2.05, 4.69) is 15.5 Å². The maximum absolute atomic E-state index is 12.3. The van der Waals surface area contributed by atoms with E-state index in [0.717, 1.165) is 5.39 Å². The van der Waals surface area contributed by atoms with E-state index in [0.29, 0.717) is 39.9 Å². The van der Waals surface area contributed by atoms with Gasteiger partial charge in [0.05, 0.1) is 20.1 Å². The smallest absolute Gasteiger partial charge is 0.226 e. The van der Waals surface area contributed by atoms with Crippen LogP contribution in [-0.4, -0.2) is 28.3 Å². The molecule has 0 saturated heterocycles. The third kappa shape index (κ3) is 3.77. The highest BCUT2D eigenvalue weighted by Crippen LogP contribution is 2.31. The first kappa shape index (κ1) is 18.5. The number of carbonyl (C=O) groups excluding carboxylic acids is 1. The molecule has 2 aromatic carbocycles. The number of rotatable bonds is 6. The van der Waals surface area contributed by atoms with Crippen molar-refractivity contribution in [2.45, 2.75) is 19.9 Å². The summed E-state index contributed by atoms with van der Waals surface area (Å²) >= 11 is 0. The van der Waals surface area contributed by atoms with Gasteiger partial charge in [0, 0.05) is 10.9 Å². The molecule has 0 aliphatic rings. The predicted octanol–water partition coefficient (Wildman–Crippen LogP) is 3.36. The lowest BCUT2D eigenvalue weighted by atomic mass is 10.1. The summed E-state index contributed by atoms with van der Waals surface area (Å²) in [7, 11) is 1.47. The van der Waals surface area contributed by atoms with Crippen molar-refractivity contribution >= 4 is 16.9 Å². The summed E-state index contributed by atoms with van der Waals surface area (Å²) < 4.78 is 16.0. The second kappa shape index (κ2) is 7.67. The highest BCUT2D eigenvalue weighted by atomic mass is 16.5. The van der Waals surface area contributed by atoms with Crippen LogP contribution in [0, 0.1) is 6.92 Å². The van der Waals surface area contributed by atoms with E-state index < -0.39 is 0 Å². The molecule has 0 aliphatic heterocycles. The highest BCUT2D eigenvalue weighted by molar-refractivity contribution is 5.86. The molecule has 0 bridgehead atoms. The van der Waals surface area contributed by atoms with Crippen LogP contribution in [0.15, 0.2) is 51.4 Å². The molecule has 29 heavy (non-hydrogen) atoms. The van der Waals surface area contributed by atoms with Crippen LogP contribution in [0.3, 0.4) is 0 Å². The molecular formula is C21H19N3O5. The third-order valence-corrected chi connectivity index (χ3v) is 4.55. The van der Waals surface area contributed by atoms with Crippen LogP contribution in [0.25, 0.3) is 22.4 Å². The van der Waals surface area contributed by atoms with Gasteiger partial charge in [-0.3, -0.25) is 4.79 Å². The van der Waals surface area contributed by atoms with Crippen LogP contribution in [0.2, 0.25) is 0 Å². The Morgan fingerprint density at radius 1 is 1.21 bits per heavy atom. The number of nitrogens with one attached hydrogen (secondary N) is 1. The number of aromatic hydroxyl groups is 1. The summed E-state index contributed by atoms with van der Waals surface area (Å²) in [6, 6.07) is 12.2. The van der Waals surface area contributed by atoms with Gasteiger partial charge in [-0.15, -0.1) is 0 Å². The molecule has 2 aromatic heterocycles. The Balaban J connectivity index is 1.44. The number of hydrogen-bond acceptors (Lipinski definition) is 7. The number of aryl methyl sites for hydroxylation is 1. The minimum absolute atomic E-state index is 0.0346. The molecule has 1 amide bonds. The van der Waals surface area contributed by atoms with Gasteiger partial charge in [-0.25, -0.2) is 4.98 Å². The Kier molecular flexibility index (Phi) is 4.90. The van der Waals surface area contributed by atoms with Crippen molar-refractivity contribution in [3.8, 4) is 23.0 Å². The molecule has 0 saturated carbocycles. The van der Waals surface area contributed by atoms with E-state index in [-0.39, 0.29) is 24.6 Å². The molecule has 8 heteroatoms. The fourth-order valence-electron chi connectivity index (χ4n) is 2.99. The van der Waals surface area contributed by atoms with E-state index in [1.165, 1.54) is 13.2 Å². The SMILES string of the molecule is COc1cc(-c2nc(CNC(=O)Cc3noc4ccccc34)c(C)o2)ccc1O. The van der Waals surface area contributed by atoms with Gasteiger partial charge in [-0.2, -0.15) is 0 Å². The average Bonchev–Trinajstić information content (AvgIpc) is 3.30. The molecule has 0 fully saturated rings. The van der Waals surface area contributed by atoms with Gasteiger partial charge in [0.25, 0.3) is 0 Å². The van der Waals surface area contributed by atoms with Gasteiger partial charge in [-0.1, -0.05) is 17.3 Å². The van der Waals surface area contributed by atoms with E-state index in [4.69, 9.17) is 13.7 Å². The number of fused-ring (bicyclic) bond motifs is 1. The van der Waals surface area contributed by atoms with Gasteiger partial charge in [0.1, 0.15) is 17.1 Å². The van der Waals surface area contributed by atoms with Crippen LogP contribution in [0.5, 0.6) is 11.5 Å². The number of aromatic nitrogens is 2. The first-order valence-corrected chi connectivity index (χ1v) is 8.99. The van der Waals surface area contributed by atoms with Crippen molar-refractivity contribution in [2.24, 2.45) is 0 Å². The van der Waals surface area contributed by atoms with E-state index in [9.17, 15) is 9.90 Å². The first-order chi connectivity index (χ1) is 14.0. The van der Waals surface area contributed by atoms with Crippen LogP contribution in [-0.2, 0) is 17.8 Å². The van der Waals surface area contributed by atoms with Crippen molar-refractivity contribution in [1.82, 2.24) is 15.5 Å². The van der Waals surface area contributed by atoms with Gasteiger partial charge in [0.2, 0.25) is 11.8 Å². The number of carbonyl (C=O) groups is 1. The Labute approximate surface area is 166 Å². The number of phenols is 1. The van der Waals surface area contributed by atoms with Crippen molar-refractivity contribution in [2.75, 3.05) is 7.11 Å². The molecule has 0 radical (unpaired) electrons. The molecule has 4 rings (SSSR count). The molecule has 2 heterocycles. The van der Waals surface area contributed by atoms with E-state index in [1.54, 1.807) is 19.1 Å². The Bertz CT molecular complexity index is 1180. The van der Waals surface area contributed by atoms with Gasteiger partial charge in [-0.05, 0) is 37.3 Å². The van der Waals surface area contributed by atoms with E-state index >= 15 is 0 Å². The fraction of sp³-hybridized carbons (Fsp3) is 0.190. The number of para-hydroxylation sites is 1. The van der Waals surface area contributed by atoms with Gasteiger partial charge < -0.3 is 24.1 Å². The minimum Gasteiger partial charge on any atom is -0.504 e. The van der Waals surface area contributed by atoms with Crippen LogP contribution in [0.1, 0.15) is 17.1 Å². The van der Waals surface area contributed by atoms with Crippen LogP contribution < -0.4 is 10.1 Å². The van der Waals surface area contributed by atoms with Gasteiger partial charge in [0.15, 0.2) is 17.1 Å². The maximum atomic E-state index is 12.3. The second-order valence-corrected chi connectivity index (χ2v) is 6.49. The summed E-state index contributed by atoms with van der Waals surface area (Å²) in [4.78, 5) is 16.8. The first-order valence-electron chi connectivity index (χ1n) is 8.99. The summed E-state index contributed by atoms with van der Waals surface area (Å²) in [5.41, 5.74) is 2.52. The number of hydrogen-bond donors (Lipinski definition) is 2. The summed E-state index contributed by atoms with van der Waals surface area (Å²) in [5, 5.41) is 17.4.